The van der Waals surface area contributed by atoms with Crippen LogP contribution in [0.15, 0.2) is 72.5 Å². The van der Waals surface area contributed by atoms with Gasteiger partial charge in [-0.25, -0.2) is 9.78 Å². The number of thiophene rings is 1. The fourth-order valence-electron chi connectivity index (χ4n) is 4.77. The van der Waals surface area contributed by atoms with Crippen molar-refractivity contribution in [2.75, 3.05) is 10.2 Å². The van der Waals surface area contributed by atoms with Crippen LogP contribution in [0, 0.1) is 11.3 Å². The lowest BCUT2D eigenvalue weighted by Gasteiger charge is -2.37. The third kappa shape index (κ3) is 5.98. The van der Waals surface area contributed by atoms with Crippen molar-refractivity contribution in [3.63, 3.8) is 0 Å². The maximum absolute atomic E-state index is 13.5. The molecule has 0 aliphatic heterocycles. The SMILES string of the molecule is Cn1cc(-c2ccc(N(C(=O)NCc3cccs3)[C@H]3CC[C@H](Nc4ccc(C#N)cn4)CC3)cc2)cn1. The number of nitrogens with one attached hydrogen (secondary N) is 2. The number of benzene rings is 1. The zero-order valence-corrected chi connectivity index (χ0v) is 21.5. The molecular formula is C28H29N7OS. The lowest BCUT2D eigenvalue weighted by atomic mass is 9.89. The molecule has 1 aliphatic carbocycles. The summed E-state index contributed by atoms with van der Waals surface area (Å²) in [5.41, 5.74) is 3.55. The number of amides is 2. The molecule has 37 heavy (non-hydrogen) atoms. The largest absolute Gasteiger partial charge is 0.367 e. The molecular weight excluding hydrogens is 482 g/mol. The zero-order valence-electron chi connectivity index (χ0n) is 20.7. The maximum Gasteiger partial charge on any atom is 0.322 e. The van der Waals surface area contributed by atoms with Crippen LogP contribution < -0.4 is 15.5 Å². The number of urea groups is 1. The van der Waals surface area contributed by atoms with Crippen molar-refractivity contribution in [3.8, 4) is 17.2 Å². The first-order valence-electron chi connectivity index (χ1n) is 12.4. The van der Waals surface area contributed by atoms with Crippen LogP contribution in [-0.4, -0.2) is 32.9 Å². The molecule has 3 heterocycles. The summed E-state index contributed by atoms with van der Waals surface area (Å²) in [6.07, 6.45) is 9.02. The Morgan fingerprint density at radius 2 is 1.92 bits per heavy atom. The number of anilines is 2. The fraction of sp³-hybridized carbons (Fsp3) is 0.286. The summed E-state index contributed by atoms with van der Waals surface area (Å²) in [5.74, 6) is 0.777. The second kappa shape index (κ2) is 11.3. The molecule has 4 aromatic rings. The van der Waals surface area contributed by atoms with Crippen LogP contribution in [0.1, 0.15) is 36.1 Å². The minimum absolute atomic E-state index is 0.0762. The second-order valence-corrected chi connectivity index (χ2v) is 10.3. The Bertz CT molecular complexity index is 1350. The van der Waals surface area contributed by atoms with Gasteiger partial charge >= 0.3 is 6.03 Å². The molecule has 0 unspecified atom stereocenters. The van der Waals surface area contributed by atoms with Crippen molar-refractivity contribution in [3.05, 3.63) is 82.9 Å². The van der Waals surface area contributed by atoms with Gasteiger partial charge in [-0.15, -0.1) is 11.3 Å². The minimum atomic E-state index is -0.0762. The van der Waals surface area contributed by atoms with E-state index in [1.165, 1.54) is 0 Å². The molecule has 9 heteroatoms. The molecule has 1 aliphatic rings. The molecule has 0 atom stereocenters. The molecule has 0 spiro atoms. The maximum atomic E-state index is 13.5. The van der Waals surface area contributed by atoms with Gasteiger partial charge in [-0.3, -0.25) is 9.58 Å². The quantitative estimate of drug-likeness (QED) is 0.339. The van der Waals surface area contributed by atoms with Crippen molar-refractivity contribution in [1.29, 1.82) is 5.26 Å². The highest BCUT2D eigenvalue weighted by molar-refractivity contribution is 7.09. The van der Waals surface area contributed by atoms with Crippen LogP contribution in [0.2, 0.25) is 0 Å². The number of nitrogens with zero attached hydrogens (tertiary/aromatic N) is 5. The van der Waals surface area contributed by atoms with E-state index in [-0.39, 0.29) is 18.1 Å². The number of hydrogen-bond acceptors (Lipinski definition) is 6. The van der Waals surface area contributed by atoms with Gasteiger partial charge in [0.25, 0.3) is 0 Å². The van der Waals surface area contributed by atoms with E-state index in [2.05, 4.69) is 38.9 Å². The highest BCUT2D eigenvalue weighted by Crippen LogP contribution is 2.31. The topological polar surface area (TPSA) is 98.9 Å². The monoisotopic (exact) mass is 511 g/mol. The Kier molecular flexibility index (Phi) is 7.47. The van der Waals surface area contributed by atoms with Crippen LogP contribution in [0.3, 0.4) is 0 Å². The Hall–Kier alpha value is -4.16. The normalized spacial score (nSPS) is 17.1. The van der Waals surface area contributed by atoms with E-state index in [1.54, 1.807) is 28.3 Å². The van der Waals surface area contributed by atoms with E-state index in [9.17, 15) is 4.79 Å². The fourth-order valence-corrected chi connectivity index (χ4v) is 5.42. The molecule has 0 radical (unpaired) electrons. The first-order valence-corrected chi connectivity index (χ1v) is 13.3. The van der Waals surface area contributed by atoms with E-state index >= 15 is 0 Å². The molecule has 1 fully saturated rings. The Morgan fingerprint density at radius 1 is 1.11 bits per heavy atom. The molecule has 2 N–H and O–H groups in total. The summed E-state index contributed by atoms with van der Waals surface area (Å²) < 4.78 is 1.79. The number of carbonyl (C=O) groups is 1. The van der Waals surface area contributed by atoms with Crippen molar-refractivity contribution < 1.29 is 4.79 Å². The summed E-state index contributed by atoms with van der Waals surface area (Å²) in [7, 11) is 1.90. The zero-order chi connectivity index (χ0) is 25.6. The molecule has 2 amide bonds. The molecule has 1 saturated carbocycles. The van der Waals surface area contributed by atoms with E-state index < -0.39 is 0 Å². The number of carbonyl (C=O) groups excluding carboxylic acids is 1. The van der Waals surface area contributed by atoms with Gasteiger partial charge in [-0.2, -0.15) is 10.4 Å². The Morgan fingerprint density at radius 3 is 2.54 bits per heavy atom. The van der Waals surface area contributed by atoms with Gasteiger partial charge < -0.3 is 10.6 Å². The minimum Gasteiger partial charge on any atom is -0.367 e. The number of rotatable bonds is 7. The molecule has 188 valence electrons. The second-order valence-electron chi connectivity index (χ2n) is 9.25. The van der Waals surface area contributed by atoms with Gasteiger partial charge in [0.2, 0.25) is 0 Å². The van der Waals surface area contributed by atoms with Crippen molar-refractivity contribution in [2.24, 2.45) is 7.05 Å². The lowest BCUT2D eigenvalue weighted by molar-refractivity contribution is 0.240. The van der Waals surface area contributed by atoms with Crippen molar-refractivity contribution in [2.45, 2.75) is 44.3 Å². The Labute approximate surface area is 220 Å². The summed E-state index contributed by atoms with van der Waals surface area (Å²) in [4.78, 5) is 20.9. The average Bonchev–Trinajstić information content (AvgIpc) is 3.61. The van der Waals surface area contributed by atoms with Crippen LogP contribution in [0.25, 0.3) is 11.1 Å². The van der Waals surface area contributed by atoms with E-state index in [1.807, 2.05) is 60.1 Å². The molecule has 3 aromatic heterocycles. The molecule has 8 nitrogen and oxygen atoms in total. The van der Waals surface area contributed by atoms with E-state index in [0.29, 0.717) is 12.1 Å². The highest BCUT2D eigenvalue weighted by atomic mass is 32.1. The third-order valence-electron chi connectivity index (χ3n) is 6.70. The molecule has 0 bridgehead atoms. The Balaban J connectivity index is 1.29. The van der Waals surface area contributed by atoms with Gasteiger partial charge in [0.15, 0.2) is 0 Å². The molecule has 5 rings (SSSR count). The highest BCUT2D eigenvalue weighted by Gasteiger charge is 2.30. The van der Waals surface area contributed by atoms with E-state index in [0.717, 1.165) is 53.2 Å². The summed E-state index contributed by atoms with van der Waals surface area (Å²) in [6, 6.07) is 18.2. The van der Waals surface area contributed by atoms with Crippen LogP contribution in [0.4, 0.5) is 16.3 Å². The number of nitriles is 1. The van der Waals surface area contributed by atoms with Crippen molar-refractivity contribution in [1.82, 2.24) is 20.1 Å². The van der Waals surface area contributed by atoms with Gasteiger partial charge in [-0.1, -0.05) is 18.2 Å². The van der Waals surface area contributed by atoms with Gasteiger partial charge in [-0.05, 0) is 67.0 Å². The molecule has 1 aromatic carbocycles. The summed E-state index contributed by atoms with van der Waals surface area (Å²) >= 11 is 1.64. The predicted octanol–water partition coefficient (Wildman–Crippen LogP) is 5.55. The number of pyridine rings is 1. The van der Waals surface area contributed by atoms with Crippen molar-refractivity contribution >= 4 is 28.9 Å². The van der Waals surface area contributed by atoms with Crippen LogP contribution >= 0.6 is 11.3 Å². The van der Waals surface area contributed by atoms with Gasteiger partial charge in [0.1, 0.15) is 11.9 Å². The number of aromatic nitrogens is 3. The summed E-state index contributed by atoms with van der Waals surface area (Å²) in [5, 5.41) is 21.9. The van der Waals surface area contributed by atoms with Crippen LogP contribution in [0.5, 0.6) is 0 Å². The number of aryl methyl sites for hydroxylation is 1. The first kappa shape index (κ1) is 24.5. The van der Waals surface area contributed by atoms with Crippen LogP contribution in [-0.2, 0) is 13.6 Å². The average molecular weight is 512 g/mol. The number of hydrogen-bond donors (Lipinski definition) is 2. The molecule has 0 saturated heterocycles. The smallest absolute Gasteiger partial charge is 0.322 e. The standard InChI is InChI=1S/C28H29N7OS/c1-34-19-22(17-32-34)21-5-9-24(10-6-21)35(28(36)31-18-26-3-2-14-37-26)25-11-7-23(8-12-25)33-27-13-4-20(15-29)16-30-27/h2-6,9-10,13-14,16-17,19,23,25H,7-8,11-12,18H2,1H3,(H,30,33)(H,31,36)/t23-,25-. The first-order chi connectivity index (χ1) is 18.1. The lowest BCUT2D eigenvalue weighted by Crippen LogP contribution is -2.48. The van der Waals surface area contributed by atoms with Gasteiger partial charge in [0, 0.05) is 47.7 Å². The van der Waals surface area contributed by atoms with E-state index in [4.69, 9.17) is 5.26 Å². The predicted molar refractivity (Wildman–Crippen MR) is 146 cm³/mol. The van der Waals surface area contributed by atoms with Gasteiger partial charge in [0.05, 0.1) is 18.3 Å². The summed E-state index contributed by atoms with van der Waals surface area (Å²) in [6.45, 7) is 0.516. The third-order valence-corrected chi connectivity index (χ3v) is 7.58.